The number of benzene rings is 1. The molecule has 1 aromatic heterocycles. The normalized spacial score (nSPS) is 12.3. The van der Waals surface area contributed by atoms with E-state index in [-0.39, 0.29) is 14.9 Å². The number of thiophene rings is 1. The molecule has 148 valence electrons. The van der Waals surface area contributed by atoms with Gasteiger partial charge >= 0.3 is 12.2 Å². The van der Waals surface area contributed by atoms with E-state index in [4.69, 9.17) is 11.6 Å². The molecule has 0 aliphatic heterocycles. The molecule has 0 saturated heterocycles. The first kappa shape index (κ1) is 21.5. The summed E-state index contributed by atoms with van der Waals surface area (Å²) >= 11 is 6.80. The maximum Gasteiger partial charge on any atom is 0.419 e. The van der Waals surface area contributed by atoms with Crippen molar-refractivity contribution in [2.75, 3.05) is 10.6 Å². The topological polar surface area (TPSA) is 75.3 Å². The Morgan fingerprint density at radius 2 is 1.85 bits per heavy atom. The maximum absolute atomic E-state index is 13.9. The Balaban J connectivity index is 2.22. The predicted octanol–water partition coefficient (Wildman–Crippen LogP) is 5.39. The second kappa shape index (κ2) is 7.64. The second-order valence-electron chi connectivity index (χ2n) is 5.58. The Hall–Kier alpha value is -1.85. The highest BCUT2D eigenvalue weighted by Crippen LogP contribution is 2.38. The van der Waals surface area contributed by atoms with Crippen LogP contribution in [0.5, 0.6) is 0 Å². The van der Waals surface area contributed by atoms with Gasteiger partial charge in [-0.15, -0.1) is 11.3 Å². The van der Waals surface area contributed by atoms with Gasteiger partial charge in [0.1, 0.15) is 5.00 Å². The van der Waals surface area contributed by atoms with Gasteiger partial charge in [-0.3, -0.25) is 5.32 Å². The maximum atomic E-state index is 13.9. The van der Waals surface area contributed by atoms with E-state index in [2.05, 4.69) is 5.32 Å². The molecule has 1 heterocycles. The van der Waals surface area contributed by atoms with Crippen molar-refractivity contribution in [2.45, 2.75) is 30.2 Å². The van der Waals surface area contributed by atoms with Crippen molar-refractivity contribution in [3.8, 4) is 0 Å². The molecular formula is C15H13ClF4N2O3S2. The summed E-state index contributed by atoms with van der Waals surface area (Å²) in [5, 5.41) is 4.36. The van der Waals surface area contributed by atoms with Crippen LogP contribution in [0.1, 0.15) is 19.4 Å². The molecule has 2 aromatic rings. The Morgan fingerprint density at radius 3 is 2.41 bits per heavy atom. The largest absolute Gasteiger partial charge is 0.419 e. The van der Waals surface area contributed by atoms with E-state index in [0.717, 1.165) is 23.5 Å². The molecule has 0 spiro atoms. The van der Waals surface area contributed by atoms with E-state index < -0.39 is 44.4 Å². The summed E-state index contributed by atoms with van der Waals surface area (Å²) in [5.41, 5.74) is -2.22. The monoisotopic (exact) mass is 444 g/mol. The summed E-state index contributed by atoms with van der Waals surface area (Å²) in [5.74, 6) is -1.64. The quantitative estimate of drug-likeness (QED) is 0.621. The highest BCUT2D eigenvalue weighted by molar-refractivity contribution is 7.92. The first-order valence-corrected chi connectivity index (χ1v) is 10.1. The van der Waals surface area contributed by atoms with Crippen LogP contribution in [0.2, 0.25) is 5.02 Å². The van der Waals surface area contributed by atoms with Crippen LogP contribution >= 0.6 is 22.9 Å². The Kier molecular flexibility index (Phi) is 6.07. The minimum absolute atomic E-state index is 0.0409. The lowest BCUT2D eigenvalue weighted by atomic mass is 10.2. The van der Waals surface area contributed by atoms with Crippen LogP contribution in [0.4, 0.5) is 33.0 Å². The molecule has 0 unspecified atom stereocenters. The van der Waals surface area contributed by atoms with E-state index in [1.165, 1.54) is 19.2 Å². The highest BCUT2D eigenvalue weighted by atomic mass is 35.5. The minimum Gasteiger partial charge on any atom is -0.305 e. The van der Waals surface area contributed by atoms with Gasteiger partial charge in [-0.25, -0.2) is 17.6 Å². The number of alkyl halides is 3. The molecule has 2 N–H and O–H groups in total. The molecule has 0 fully saturated rings. The third-order valence-electron chi connectivity index (χ3n) is 3.41. The van der Waals surface area contributed by atoms with Crippen LogP contribution in [0.15, 0.2) is 28.5 Å². The third kappa shape index (κ3) is 4.53. The van der Waals surface area contributed by atoms with Crippen molar-refractivity contribution in [2.24, 2.45) is 0 Å². The van der Waals surface area contributed by atoms with Crippen LogP contribution in [0.25, 0.3) is 0 Å². The lowest BCUT2D eigenvalue weighted by Gasteiger charge is -2.12. The van der Waals surface area contributed by atoms with E-state index in [1.54, 1.807) is 0 Å². The highest BCUT2D eigenvalue weighted by Gasteiger charge is 2.35. The minimum atomic E-state index is -4.92. The average molecular weight is 445 g/mol. The number of rotatable bonds is 4. The van der Waals surface area contributed by atoms with Gasteiger partial charge in [0.15, 0.2) is 15.7 Å². The zero-order valence-corrected chi connectivity index (χ0v) is 16.2. The lowest BCUT2D eigenvalue weighted by molar-refractivity contribution is -0.139. The molecule has 1 aromatic carbocycles. The summed E-state index contributed by atoms with van der Waals surface area (Å²) in [4.78, 5) is 11.8. The van der Waals surface area contributed by atoms with E-state index >= 15 is 0 Å². The SMILES string of the molecule is CC(C)S(=O)(=O)c1csc(NC(=O)Nc2cccc(C(F)(F)F)c2F)c1Cl. The fourth-order valence-electron chi connectivity index (χ4n) is 1.96. The molecule has 0 atom stereocenters. The lowest BCUT2D eigenvalue weighted by Crippen LogP contribution is -2.21. The molecule has 5 nitrogen and oxygen atoms in total. The van der Waals surface area contributed by atoms with Gasteiger partial charge < -0.3 is 5.32 Å². The van der Waals surface area contributed by atoms with Gasteiger partial charge in [-0.05, 0) is 26.0 Å². The van der Waals surface area contributed by atoms with Gasteiger partial charge in [-0.1, -0.05) is 17.7 Å². The van der Waals surface area contributed by atoms with Gasteiger partial charge in [0.2, 0.25) is 0 Å². The Morgan fingerprint density at radius 1 is 1.22 bits per heavy atom. The molecule has 0 aliphatic carbocycles. The number of sulfone groups is 1. The molecule has 27 heavy (non-hydrogen) atoms. The van der Waals surface area contributed by atoms with Gasteiger partial charge in [0, 0.05) is 5.38 Å². The smallest absolute Gasteiger partial charge is 0.305 e. The molecule has 2 amide bonds. The zero-order chi connectivity index (χ0) is 20.6. The fourth-order valence-corrected chi connectivity index (χ4v) is 4.90. The summed E-state index contributed by atoms with van der Waals surface area (Å²) in [6.45, 7) is 2.92. The number of halogens is 5. The standard InChI is InChI=1S/C15H13ClF4N2O3S2/c1-7(2)27(24,25)10-6-26-13(11(10)16)22-14(23)21-9-5-3-4-8(12(9)17)15(18,19)20/h3-7H,1-2H3,(H2,21,22,23). The van der Waals surface area contributed by atoms with Crippen molar-refractivity contribution in [1.82, 2.24) is 0 Å². The van der Waals surface area contributed by atoms with E-state index in [1.807, 2.05) is 5.32 Å². The van der Waals surface area contributed by atoms with E-state index in [0.29, 0.717) is 6.07 Å². The van der Waals surface area contributed by atoms with Crippen molar-refractivity contribution < 1.29 is 30.8 Å². The van der Waals surface area contributed by atoms with Crippen LogP contribution in [0, 0.1) is 5.82 Å². The molecule has 0 saturated carbocycles. The number of anilines is 2. The van der Waals surface area contributed by atoms with Gasteiger partial charge in [-0.2, -0.15) is 13.2 Å². The predicted molar refractivity (Wildman–Crippen MR) is 95.7 cm³/mol. The van der Waals surface area contributed by atoms with E-state index in [9.17, 15) is 30.8 Å². The molecule has 12 heteroatoms. The number of nitrogens with one attached hydrogen (secondary N) is 2. The summed E-state index contributed by atoms with van der Waals surface area (Å²) in [6.07, 6.45) is -4.92. The molecular weight excluding hydrogens is 432 g/mol. The summed E-state index contributed by atoms with van der Waals surface area (Å²) in [6, 6.07) is 1.35. The summed E-state index contributed by atoms with van der Waals surface area (Å²) < 4.78 is 76.4. The number of carbonyl (C=O) groups excluding carboxylic acids is 1. The van der Waals surface area contributed by atoms with Gasteiger partial charge in [0.05, 0.1) is 26.4 Å². The van der Waals surface area contributed by atoms with Crippen molar-refractivity contribution in [1.29, 1.82) is 0 Å². The Labute approximate surface area is 161 Å². The van der Waals surface area contributed by atoms with Crippen molar-refractivity contribution in [3.05, 3.63) is 40.0 Å². The first-order chi connectivity index (χ1) is 12.4. The summed E-state index contributed by atoms with van der Waals surface area (Å²) in [7, 11) is -3.69. The van der Waals surface area contributed by atoms with Crippen LogP contribution < -0.4 is 10.6 Å². The zero-order valence-electron chi connectivity index (χ0n) is 13.8. The number of amides is 2. The molecule has 0 bridgehead atoms. The number of carbonyl (C=O) groups is 1. The Bertz CT molecular complexity index is 972. The molecule has 2 rings (SSSR count). The number of urea groups is 1. The van der Waals surface area contributed by atoms with Gasteiger partial charge in [0.25, 0.3) is 0 Å². The first-order valence-electron chi connectivity index (χ1n) is 7.30. The third-order valence-corrected chi connectivity index (χ3v) is 7.24. The number of hydrogen-bond acceptors (Lipinski definition) is 4. The fraction of sp³-hybridized carbons (Fsp3) is 0.267. The molecule has 0 radical (unpaired) electrons. The van der Waals surface area contributed by atoms with Crippen LogP contribution in [-0.2, 0) is 16.0 Å². The average Bonchev–Trinajstić information content (AvgIpc) is 2.89. The molecule has 0 aliphatic rings. The van der Waals surface area contributed by atoms with Crippen molar-refractivity contribution >= 4 is 49.5 Å². The van der Waals surface area contributed by atoms with Crippen LogP contribution in [0.3, 0.4) is 0 Å². The van der Waals surface area contributed by atoms with Crippen molar-refractivity contribution in [3.63, 3.8) is 0 Å². The second-order valence-corrected chi connectivity index (χ2v) is 9.31. The van der Waals surface area contributed by atoms with Crippen LogP contribution in [-0.4, -0.2) is 19.7 Å². The number of hydrogen-bond donors (Lipinski definition) is 2.